The summed E-state index contributed by atoms with van der Waals surface area (Å²) in [6.45, 7) is 6.88. The number of fused-ring (bicyclic) bond motifs is 1. The molecule has 0 saturated carbocycles. The van der Waals surface area contributed by atoms with Gasteiger partial charge >= 0.3 is 0 Å². The lowest BCUT2D eigenvalue weighted by Gasteiger charge is -2.37. The molecule has 0 spiro atoms. The van der Waals surface area contributed by atoms with E-state index in [1.807, 2.05) is 18.2 Å². The van der Waals surface area contributed by atoms with Crippen molar-refractivity contribution in [1.82, 2.24) is 0 Å². The Morgan fingerprint density at radius 1 is 1.00 bits per heavy atom. The van der Waals surface area contributed by atoms with Crippen molar-refractivity contribution >= 4 is 16.5 Å². The smallest absolute Gasteiger partial charge is 0.0998 e. The SMILES string of the molecule is CC1CC(C)CN(c2ccc(C#N)c3ccccc23)C1. The second kappa shape index (κ2) is 5.17. The highest BCUT2D eigenvalue weighted by molar-refractivity contribution is 5.97. The summed E-state index contributed by atoms with van der Waals surface area (Å²) in [7, 11) is 0. The molecule has 1 aliphatic rings. The molecule has 0 aromatic heterocycles. The van der Waals surface area contributed by atoms with Gasteiger partial charge in [0.05, 0.1) is 11.6 Å². The van der Waals surface area contributed by atoms with E-state index in [9.17, 15) is 5.26 Å². The van der Waals surface area contributed by atoms with Crippen LogP contribution in [0, 0.1) is 23.2 Å². The molecule has 2 unspecified atom stereocenters. The van der Waals surface area contributed by atoms with Crippen molar-refractivity contribution in [1.29, 1.82) is 5.26 Å². The van der Waals surface area contributed by atoms with E-state index in [1.54, 1.807) is 0 Å². The predicted octanol–water partition coefficient (Wildman–Crippen LogP) is 4.19. The van der Waals surface area contributed by atoms with Crippen molar-refractivity contribution in [2.24, 2.45) is 11.8 Å². The number of hydrogen-bond donors (Lipinski definition) is 0. The highest BCUT2D eigenvalue weighted by atomic mass is 15.1. The highest BCUT2D eigenvalue weighted by Crippen LogP contribution is 2.33. The van der Waals surface area contributed by atoms with Gasteiger partial charge in [0.2, 0.25) is 0 Å². The number of piperidine rings is 1. The first-order valence-corrected chi connectivity index (χ1v) is 7.36. The zero-order valence-electron chi connectivity index (χ0n) is 12.1. The fourth-order valence-corrected chi connectivity index (χ4v) is 3.52. The van der Waals surface area contributed by atoms with Crippen LogP contribution in [0.3, 0.4) is 0 Å². The normalized spacial score (nSPS) is 22.8. The minimum Gasteiger partial charge on any atom is -0.370 e. The Morgan fingerprint density at radius 3 is 2.30 bits per heavy atom. The van der Waals surface area contributed by atoms with Crippen molar-refractivity contribution in [3.63, 3.8) is 0 Å². The van der Waals surface area contributed by atoms with Gasteiger partial charge in [0, 0.05) is 29.5 Å². The Morgan fingerprint density at radius 2 is 1.65 bits per heavy atom. The van der Waals surface area contributed by atoms with Crippen LogP contribution >= 0.6 is 0 Å². The summed E-state index contributed by atoms with van der Waals surface area (Å²) in [5, 5.41) is 11.5. The zero-order valence-corrected chi connectivity index (χ0v) is 12.1. The van der Waals surface area contributed by atoms with Crippen LogP contribution in [0.15, 0.2) is 36.4 Å². The van der Waals surface area contributed by atoms with Gasteiger partial charge in [-0.05, 0) is 30.4 Å². The van der Waals surface area contributed by atoms with E-state index in [2.05, 4.69) is 43.0 Å². The molecule has 0 radical (unpaired) electrons. The fourth-order valence-electron chi connectivity index (χ4n) is 3.52. The standard InChI is InChI=1S/C18H20N2/c1-13-9-14(2)12-20(11-13)18-8-7-15(10-19)16-5-3-4-6-17(16)18/h3-8,13-14H,9,11-12H2,1-2H3. The topological polar surface area (TPSA) is 27.0 Å². The monoisotopic (exact) mass is 264 g/mol. The second-order valence-corrected chi connectivity index (χ2v) is 6.14. The van der Waals surface area contributed by atoms with Gasteiger partial charge in [-0.1, -0.05) is 38.1 Å². The van der Waals surface area contributed by atoms with Gasteiger partial charge in [-0.15, -0.1) is 0 Å². The summed E-state index contributed by atoms with van der Waals surface area (Å²) >= 11 is 0. The molecular weight excluding hydrogens is 244 g/mol. The lowest BCUT2D eigenvalue weighted by molar-refractivity contribution is 0.357. The highest BCUT2D eigenvalue weighted by Gasteiger charge is 2.23. The molecule has 0 N–H and O–H groups in total. The molecule has 0 amide bonds. The van der Waals surface area contributed by atoms with Gasteiger partial charge in [0.15, 0.2) is 0 Å². The van der Waals surface area contributed by atoms with Crippen molar-refractivity contribution in [3.8, 4) is 6.07 Å². The molecule has 102 valence electrons. The van der Waals surface area contributed by atoms with Crippen LogP contribution < -0.4 is 4.90 Å². The van der Waals surface area contributed by atoms with Gasteiger partial charge in [-0.2, -0.15) is 5.26 Å². The quantitative estimate of drug-likeness (QED) is 0.772. The van der Waals surface area contributed by atoms with Crippen LogP contribution in [0.2, 0.25) is 0 Å². The fraction of sp³-hybridized carbons (Fsp3) is 0.389. The molecule has 0 bridgehead atoms. The van der Waals surface area contributed by atoms with Gasteiger partial charge in [-0.25, -0.2) is 0 Å². The molecule has 2 aromatic carbocycles. The summed E-state index contributed by atoms with van der Waals surface area (Å²) in [4.78, 5) is 2.49. The Balaban J connectivity index is 2.11. The molecule has 1 heterocycles. The number of nitriles is 1. The van der Waals surface area contributed by atoms with E-state index in [1.165, 1.54) is 17.5 Å². The maximum Gasteiger partial charge on any atom is 0.0998 e. The molecule has 2 nitrogen and oxygen atoms in total. The zero-order chi connectivity index (χ0) is 14.1. The van der Waals surface area contributed by atoms with E-state index < -0.39 is 0 Å². The third kappa shape index (κ3) is 2.25. The summed E-state index contributed by atoms with van der Waals surface area (Å²) in [5.41, 5.74) is 2.04. The maximum absolute atomic E-state index is 9.26. The molecule has 20 heavy (non-hydrogen) atoms. The van der Waals surface area contributed by atoms with Crippen molar-refractivity contribution in [3.05, 3.63) is 42.0 Å². The lowest BCUT2D eigenvalue weighted by atomic mass is 9.91. The van der Waals surface area contributed by atoms with Gasteiger partial charge in [0.25, 0.3) is 0 Å². The molecule has 2 heteroatoms. The van der Waals surface area contributed by atoms with Crippen LogP contribution in [0.5, 0.6) is 0 Å². The molecule has 3 rings (SSSR count). The number of anilines is 1. The Bertz CT molecular complexity index is 659. The number of hydrogen-bond acceptors (Lipinski definition) is 2. The maximum atomic E-state index is 9.26. The molecule has 2 atom stereocenters. The van der Waals surface area contributed by atoms with Gasteiger partial charge in [0.1, 0.15) is 0 Å². The Hall–Kier alpha value is -2.01. The third-order valence-electron chi connectivity index (χ3n) is 4.23. The largest absolute Gasteiger partial charge is 0.370 e. The third-order valence-corrected chi connectivity index (χ3v) is 4.23. The minimum atomic E-state index is 0.730. The number of nitrogens with zero attached hydrogens (tertiary/aromatic N) is 2. The molecule has 0 aliphatic carbocycles. The summed E-state index contributed by atoms with van der Waals surface area (Å²) < 4.78 is 0. The van der Waals surface area contributed by atoms with Crippen LogP contribution in [0.25, 0.3) is 10.8 Å². The minimum absolute atomic E-state index is 0.730. The van der Waals surface area contributed by atoms with Crippen LogP contribution in [0.4, 0.5) is 5.69 Å². The number of benzene rings is 2. The summed E-state index contributed by atoms with van der Waals surface area (Å²) in [6, 6.07) is 14.6. The second-order valence-electron chi connectivity index (χ2n) is 6.14. The van der Waals surface area contributed by atoms with Crippen LogP contribution in [0.1, 0.15) is 25.8 Å². The van der Waals surface area contributed by atoms with E-state index >= 15 is 0 Å². The predicted molar refractivity (Wildman–Crippen MR) is 83.8 cm³/mol. The van der Waals surface area contributed by atoms with Crippen molar-refractivity contribution < 1.29 is 0 Å². The van der Waals surface area contributed by atoms with E-state index in [-0.39, 0.29) is 0 Å². The van der Waals surface area contributed by atoms with Gasteiger partial charge < -0.3 is 4.90 Å². The summed E-state index contributed by atoms with van der Waals surface area (Å²) in [6.07, 6.45) is 1.31. The van der Waals surface area contributed by atoms with E-state index in [0.717, 1.165) is 35.9 Å². The molecular formula is C18H20N2. The average Bonchev–Trinajstić information content (AvgIpc) is 2.45. The summed E-state index contributed by atoms with van der Waals surface area (Å²) in [5.74, 6) is 1.46. The first-order valence-electron chi connectivity index (χ1n) is 7.36. The van der Waals surface area contributed by atoms with E-state index in [4.69, 9.17) is 0 Å². The first kappa shape index (κ1) is 13.0. The van der Waals surface area contributed by atoms with Crippen LogP contribution in [-0.4, -0.2) is 13.1 Å². The van der Waals surface area contributed by atoms with Gasteiger partial charge in [-0.3, -0.25) is 0 Å². The molecule has 1 aliphatic heterocycles. The molecule has 2 aromatic rings. The van der Waals surface area contributed by atoms with Crippen molar-refractivity contribution in [2.75, 3.05) is 18.0 Å². The average molecular weight is 264 g/mol. The van der Waals surface area contributed by atoms with Crippen LogP contribution in [-0.2, 0) is 0 Å². The Labute approximate surface area is 120 Å². The van der Waals surface area contributed by atoms with E-state index in [0.29, 0.717) is 0 Å². The number of rotatable bonds is 1. The lowest BCUT2D eigenvalue weighted by Crippen LogP contribution is -2.38. The molecule has 1 fully saturated rings. The van der Waals surface area contributed by atoms with Crippen molar-refractivity contribution in [2.45, 2.75) is 20.3 Å². The first-order chi connectivity index (χ1) is 9.69. The Kier molecular flexibility index (Phi) is 3.36. The molecule has 1 saturated heterocycles.